The SMILES string of the molecule is CCCN(CCC)c1ccc(NC(=O)Cc2ccccc2C)nn1. The lowest BCUT2D eigenvalue weighted by Gasteiger charge is -2.21. The van der Waals surface area contributed by atoms with E-state index in [9.17, 15) is 4.79 Å². The smallest absolute Gasteiger partial charge is 0.230 e. The Bertz CT molecular complexity index is 649. The van der Waals surface area contributed by atoms with Crippen LogP contribution in [0.5, 0.6) is 0 Å². The molecule has 128 valence electrons. The molecule has 1 heterocycles. The van der Waals surface area contributed by atoms with Crippen molar-refractivity contribution in [1.29, 1.82) is 0 Å². The van der Waals surface area contributed by atoms with Gasteiger partial charge in [0.05, 0.1) is 6.42 Å². The average Bonchev–Trinajstić information content (AvgIpc) is 2.57. The average molecular weight is 326 g/mol. The third-order valence-electron chi connectivity index (χ3n) is 3.84. The van der Waals surface area contributed by atoms with Gasteiger partial charge in [0.2, 0.25) is 5.91 Å². The first-order valence-corrected chi connectivity index (χ1v) is 8.57. The minimum Gasteiger partial charge on any atom is -0.355 e. The van der Waals surface area contributed by atoms with E-state index < -0.39 is 0 Å². The molecule has 0 spiro atoms. The van der Waals surface area contributed by atoms with Gasteiger partial charge >= 0.3 is 0 Å². The Kier molecular flexibility index (Phi) is 6.73. The Morgan fingerprint density at radius 3 is 2.33 bits per heavy atom. The molecule has 2 rings (SSSR count). The molecule has 5 heteroatoms. The van der Waals surface area contributed by atoms with Crippen molar-refractivity contribution in [2.75, 3.05) is 23.3 Å². The van der Waals surface area contributed by atoms with E-state index in [0.717, 1.165) is 42.9 Å². The molecule has 0 saturated heterocycles. The second-order valence-corrected chi connectivity index (χ2v) is 5.92. The lowest BCUT2D eigenvalue weighted by Crippen LogP contribution is -2.26. The van der Waals surface area contributed by atoms with E-state index in [1.165, 1.54) is 0 Å². The number of amides is 1. The molecular formula is C19H26N4O. The number of aromatic nitrogens is 2. The van der Waals surface area contributed by atoms with E-state index in [0.29, 0.717) is 12.2 Å². The van der Waals surface area contributed by atoms with E-state index in [4.69, 9.17) is 0 Å². The van der Waals surface area contributed by atoms with Gasteiger partial charge in [0.15, 0.2) is 11.6 Å². The molecule has 0 aliphatic rings. The fourth-order valence-corrected chi connectivity index (χ4v) is 2.61. The maximum Gasteiger partial charge on any atom is 0.230 e. The van der Waals surface area contributed by atoms with Crippen molar-refractivity contribution in [3.05, 3.63) is 47.5 Å². The first-order chi connectivity index (χ1) is 11.6. The van der Waals surface area contributed by atoms with Crippen molar-refractivity contribution in [3.63, 3.8) is 0 Å². The molecule has 0 radical (unpaired) electrons. The van der Waals surface area contributed by atoms with Crippen LogP contribution in [-0.4, -0.2) is 29.2 Å². The number of benzene rings is 1. The van der Waals surface area contributed by atoms with Gasteiger partial charge in [-0.1, -0.05) is 38.1 Å². The Hall–Kier alpha value is -2.43. The summed E-state index contributed by atoms with van der Waals surface area (Å²) in [5, 5.41) is 11.2. The third kappa shape index (κ3) is 5.05. The fraction of sp³-hybridized carbons (Fsp3) is 0.421. The molecule has 0 fully saturated rings. The van der Waals surface area contributed by atoms with E-state index in [1.54, 1.807) is 0 Å². The molecular weight excluding hydrogens is 300 g/mol. The number of anilines is 2. The van der Waals surface area contributed by atoms with E-state index in [-0.39, 0.29) is 5.91 Å². The van der Waals surface area contributed by atoms with Gasteiger partial charge in [-0.2, -0.15) is 0 Å². The van der Waals surface area contributed by atoms with Crippen LogP contribution in [0, 0.1) is 6.92 Å². The number of nitrogens with zero attached hydrogens (tertiary/aromatic N) is 3. The van der Waals surface area contributed by atoms with E-state index in [1.807, 2.05) is 43.3 Å². The quantitative estimate of drug-likeness (QED) is 0.805. The van der Waals surface area contributed by atoms with Crippen molar-refractivity contribution in [3.8, 4) is 0 Å². The van der Waals surface area contributed by atoms with Crippen molar-refractivity contribution in [2.24, 2.45) is 0 Å². The number of aryl methyl sites for hydroxylation is 1. The van der Waals surface area contributed by atoms with Crippen molar-refractivity contribution in [2.45, 2.75) is 40.0 Å². The standard InChI is InChI=1S/C19H26N4O/c1-4-12-23(13-5-2)18-11-10-17(21-22-18)20-19(24)14-16-9-7-6-8-15(16)3/h6-11H,4-5,12-14H2,1-3H3,(H,20,21,24). The van der Waals surface area contributed by atoms with Gasteiger partial charge in [-0.05, 0) is 43.0 Å². The van der Waals surface area contributed by atoms with Gasteiger partial charge in [-0.3, -0.25) is 4.79 Å². The monoisotopic (exact) mass is 326 g/mol. The van der Waals surface area contributed by atoms with Crippen LogP contribution in [0.1, 0.15) is 37.8 Å². The molecule has 24 heavy (non-hydrogen) atoms. The van der Waals surface area contributed by atoms with Gasteiger partial charge in [0.1, 0.15) is 0 Å². The molecule has 0 atom stereocenters. The first-order valence-electron chi connectivity index (χ1n) is 8.57. The van der Waals surface area contributed by atoms with Crippen LogP contribution in [0.3, 0.4) is 0 Å². The van der Waals surface area contributed by atoms with Crippen LogP contribution in [0.25, 0.3) is 0 Å². The highest BCUT2D eigenvalue weighted by atomic mass is 16.1. The Morgan fingerprint density at radius 2 is 1.75 bits per heavy atom. The molecule has 0 bridgehead atoms. The Morgan fingerprint density at radius 1 is 1.04 bits per heavy atom. The fourth-order valence-electron chi connectivity index (χ4n) is 2.61. The van der Waals surface area contributed by atoms with Crippen LogP contribution < -0.4 is 10.2 Å². The van der Waals surface area contributed by atoms with Gasteiger partial charge in [0, 0.05) is 13.1 Å². The van der Waals surface area contributed by atoms with Gasteiger partial charge in [-0.15, -0.1) is 10.2 Å². The topological polar surface area (TPSA) is 58.1 Å². The lowest BCUT2D eigenvalue weighted by molar-refractivity contribution is -0.115. The zero-order valence-electron chi connectivity index (χ0n) is 14.7. The summed E-state index contributed by atoms with van der Waals surface area (Å²) in [5.74, 6) is 1.27. The summed E-state index contributed by atoms with van der Waals surface area (Å²) < 4.78 is 0. The van der Waals surface area contributed by atoms with Crippen LogP contribution in [0.2, 0.25) is 0 Å². The number of rotatable bonds is 8. The minimum absolute atomic E-state index is 0.0784. The largest absolute Gasteiger partial charge is 0.355 e. The molecule has 0 aliphatic carbocycles. The predicted octanol–water partition coefficient (Wildman–Crippen LogP) is 3.59. The van der Waals surface area contributed by atoms with Crippen molar-refractivity contribution >= 4 is 17.5 Å². The molecule has 0 saturated carbocycles. The maximum absolute atomic E-state index is 12.2. The number of carbonyl (C=O) groups is 1. The molecule has 0 unspecified atom stereocenters. The van der Waals surface area contributed by atoms with Crippen molar-refractivity contribution in [1.82, 2.24) is 10.2 Å². The Balaban J connectivity index is 1.98. The van der Waals surface area contributed by atoms with Crippen LogP contribution in [0.4, 0.5) is 11.6 Å². The molecule has 1 aromatic heterocycles. The summed E-state index contributed by atoms with van der Waals surface area (Å²) in [7, 11) is 0. The van der Waals surface area contributed by atoms with Gasteiger partial charge < -0.3 is 10.2 Å². The summed E-state index contributed by atoms with van der Waals surface area (Å²) >= 11 is 0. The first kappa shape index (κ1) is 17.9. The van der Waals surface area contributed by atoms with Crippen molar-refractivity contribution < 1.29 is 4.79 Å². The van der Waals surface area contributed by atoms with E-state index in [2.05, 4.69) is 34.3 Å². The summed E-state index contributed by atoms with van der Waals surface area (Å²) in [6.45, 7) is 8.22. The highest BCUT2D eigenvalue weighted by molar-refractivity contribution is 5.91. The summed E-state index contributed by atoms with van der Waals surface area (Å²) in [4.78, 5) is 14.4. The number of hydrogen-bond donors (Lipinski definition) is 1. The van der Waals surface area contributed by atoms with E-state index >= 15 is 0 Å². The van der Waals surface area contributed by atoms with Crippen LogP contribution in [-0.2, 0) is 11.2 Å². The van der Waals surface area contributed by atoms with Crippen LogP contribution >= 0.6 is 0 Å². The molecule has 5 nitrogen and oxygen atoms in total. The Labute approximate surface area is 144 Å². The lowest BCUT2D eigenvalue weighted by atomic mass is 10.1. The third-order valence-corrected chi connectivity index (χ3v) is 3.84. The predicted molar refractivity (Wildman–Crippen MR) is 98.3 cm³/mol. The summed E-state index contributed by atoms with van der Waals surface area (Å²) in [6, 6.07) is 11.6. The molecule has 1 aromatic carbocycles. The zero-order valence-corrected chi connectivity index (χ0v) is 14.7. The maximum atomic E-state index is 12.2. The molecule has 1 N–H and O–H groups in total. The normalized spacial score (nSPS) is 10.5. The second kappa shape index (κ2) is 9.01. The highest BCUT2D eigenvalue weighted by Crippen LogP contribution is 2.14. The zero-order chi connectivity index (χ0) is 17.4. The molecule has 0 aliphatic heterocycles. The number of hydrogen-bond acceptors (Lipinski definition) is 4. The van der Waals surface area contributed by atoms with Gasteiger partial charge in [0.25, 0.3) is 0 Å². The number of carbonyl (C=O) groups excluding carboxylic acids is 1. The van der Waals surface area contributed by atoms with Gasteiger partial charge in [-0.25, -0.2) is 0 Å². The number of nitrogens with one attached hydrogen (secondary N) is 1. The summed E-state index contributed by atoms with van der Waals surface area (Å²) in [6.07, 6.45) is 2.47. The highest BCUT2D eigenvalue weighted by Gasteiger charge is 2.09. The second-order valence-electron chi connectivity index (χ2n) is 5.92. The van der Waals surface area contributed by atoms with Crippen LogP contribution in [0.15, 0.2) is 36.4 Å². The minimum atomic E-state index is -0.0784. The molecule has 2 aromatic rings. The molecule has 1 amide bonds. The summed E-state index contributed by atoms with van der Waals surface area (Å²) in [5.41, 5.74) is 2.14.